The van der Waals surface area contributed by atoms with Gasteiger partial charge in [0.2, 0.25) is 0 Å². The number of hydrogen-bond donors (Lipinski definition) is 2. The van der Waals surface area contributed by atoms with Crippen LogP contribution in [0.2, 0.25) is 0 Å². The van der Waals surface area contributed by atoms with Gasteiger partial charge in [-0.2, -0.15) is 8.78 Å². The Morgan fingerprint density at radius 3 is 2.42 bits per heavy atom. The average Bonchev–Trinajstić information content (AvgIpc) is 3.04. The zero-order valence-corrected chi connectivity index (χ0v) is 12.9. The predicted molar refractivity (Wildman–Crippen MR) is 77.6 cm³/mol. The van der Waals surface area contributed by atoms with Gasteiger partial charge in [0.05, 0.1) is 18.1 Å². The molecule has 1 amide bonds. The van der Waals surface area contributed by atoms with Gasteiger partial charge in [0, 0.05) is 12.8 Å². The van der Waals surface area contributed by atoms with Crippen molar-refractivity contribution in [3.8, 4) is 5.75 Å². The summed E-state index contributed by atoms with van der Waals surface area (Å²) in [5.74, 6) is -1.25. The molecule has 4 rings (SSSR count). The van der Waals surface area contributed by atoms with E-state index in [1.54, 1.807) is 19.1 Å². The minimum Gasteiger partial charge on any atom is -0.481 e. The number of carbonyl (C=O) groups is 2. The van der Waals surface area contributed by atoms with E-state index in [-0.39, 0.29) is 37.1 Å². The first kappa shape index (κ1) is 16.6. The zero-order valence-electron chi connectivity index (χ0n) is 12.9. The van der Waals surface area contributed by atoms with E-state index in [9.17, 15) is 23.5 Å². The molecule has 3 aliphatic rings. The molecule has 1 aromatic rings. The van der Waals surface area contributed by atoms with Gasteiger partial charge in [0.1, 0.15) is 11.4 Å². The molecule has 2 heterocycles. The zero-order chi connectivity index (χ0) is 17.5. The van der Waals surface area contributed by atoms with Crippen molar-refractivity contribution in [2.24, 2.45) is 5.41 Å². The highest BCUT2D eigenvalue weighted by Gasteiger charge is 2.70. The van der Waals surface area contributed by atoms with Crippen molar-refractivity contribution in [1.29, 1.82) is 0 Å². The summed E-state index contributed by atoms with van der Waals surface area (Å²) in [4.78, 5) is 23.6. The number of carboxylic acids is 1. The summed E-state index contributed by atoms with van der Waals surface area (Å²) in [5, 5.41) is 12.0. The van der Waals surface area contributed by atoms with E-state index < -0.39 is 23.6 Å². The van der Waals surface area contributed by atoms with Gasteiger partial charge in [0.25, 0.3) is 5.91 Å². The number of halogens is 2. The quantitative estimate of drug-likeness (QED) is 0.828. The molecule has 0 aromatic heterocycles. The van der Waals surface area contributed by atoms with Gasteiger partial charge >= 0.3 is 12.6 Å². The van der Waals surface area contributed by atoms with Crippen LogP contribution in [0.3, 0.4) is 0 Å². The van der Waals surface area contributed by atoms with Crippen LogP contribution in [-0.2, 0) is 14.3 Å². The van der Waals surface area contributed by atoms with Crippen molar-refractivity contribution in [2.75, 3.05) is 6.61 Å². The molecule has 2 N–H and O–H groups in total. The average molecular weight is 341 g/mol. The van der Waals surface area contributed by atoms with Crippen molar-refractivity contribution in [3.05, 3.63) is 29.8 Å². The van der Waals surface area contributed by atoms with Crippen LogP contribution in [-0.4, -0.2) is 35.8 Å². The Kier molecular flexibility index (Phi) is 3.95. The summed E-state index contributed by atoms with van der Waals surface area (Å²) in [5.41, 5.74) is -1.29. The number of nitrogens with one attached hydrogen (secondary N) is 1. The monoisotopic (exact) mass is 341 g/mol. The third-order valence-electron chi connectivity index (χ3n) is 4.69. The molecule has 1 saturated carbocycles. The maximum atomic E-state index is 12.4. The molecule has 1 aromatic carbocycles. The molecule has 24 heavy (non-hydrogen) atoms. The number of aliphatic carboxylic acids is 1. The van der Waals surface area contributed by atoms with Crippen LogP contribution < -0.4 is 10.1 Å². The number of benzene rings is 1. The largest absolute Gasteiger partial charge is 0.481 e. The molecule has 0 radical (unpaired) electrons. The lowest BCUT2D eigenvalue weighted by molar-refractivity contribution is -0.158. The number of alkyl halides is 2. The Morgan fingerprint density at radius 2 is 1.92 bits per heavy atom. The number of amides is 1. The number of rotatable bonds is 6. The number of hydrogen-bond acceptors (Lipinski definition) is 4. The first-order valence-electron chi connectivity index (χ1n) is 7.49. The molecule has 1 aliphatic carbocycles. The van der Waals surface area contributed by atoms with Gasteiger partial charge in [-0.25, -0.2) is 0 Å². The Morgan fingerprint density at radius 1 is 1.29 bits per heavy atom. The van der Waals surface area contributed by atoms with E-state index >= 15 is 0 Å². The maximum absolute atomic E-state index is 12.4. The summed E-state index contributed by atoms with van der Waals surface area (Å²) in [6.45, 7) is -1.10. The van der Waals surface area contributed by atoms with Crippen LogP contribution >= 0.6 is 0 Å². The number of carboxylic acid groups (broad SMARTS) is 1. The highest BCUT2D eigenvalue weighted by Crippen LogP contribution is 2.58. The second-order valence-electron chi connectivity index (χ2n) is 6.36. The van der Waals surface area contributed by atoms with E-state index in [0.29, 0.717) is 5.56 Å². The first-order chi connectivity index (χ1) is 11.3. The van der Waals surface area contributed by atoms with Gasteiger partial charge in [-0.3, -0.25) is 9.59 Å². The van der Waals surface area contributed by atoms with Crippen molar-refractivity contribution in [1.82, 2.24) is 5.32 Å². The van der Waals surface area contributed by atoms with Crippen molar-refractivity contribution in [2.45, 2.75) is 38.0 Å². The van der Waals surface area contributed by atoms with E-state index in [1.807, 2.05) is 0 Å². The van der Waals surface area contributed by atoms with E-state index in [2.05, 4.69) is 10.1 Å². The van der Waals surface area contributed by atoms with Crippen LogP contribution in [0.5, 0.6) is 5.75 Å². The Labute approximate surface area is 136 Å². The normalized spacial score (nSPS) is 29.0. The van der Waals surface area contributed by atoms with Crippen LogP contribution in [0, 0.1) is 5.41 Å². The molecule has 2 saturated heterocycles. The molecule has 1 atom stereocenters. The minimum atomic E-state index is -2.89. The summed E-state index contributed by atoms with van der Waals surface area (Å²) >= 11 is 0. The lowest BCUT2D eigenvalue weighted by atomic mass is 9.62. The van der Waals surface area contributed by atoms with Gasteiger partial charge in [-0.15, -0.1) is 0 Å². The number of fused-ring (bicyclic) bond motifs is 1. The highest BCUT2D eigenvalue weighted by molar-refractivity contribution is 5.92. The third-order valence-corrected chi connectivity index (χ3v) is 4.69. The maximum Gasteiger partial charge on any atom is 0.387 e. The van der Waals surface area contributed by atoms with E-state index in [4.69, 9.17) is 4.74 Å². The molecule has 2 bridgehead atoms. The molecule has 0 spiro atoms. The summed E-state index contributed by atoms with van der Waals surface area (Å²) in [6.07, 6.45) is 0.351. The molecule has 2 aliphatic heterocycles. The Bertz CT molecular complexity index is 655. The fourth-order valence-electron chi connectivity index (χ4n) is 3.31. The second kappa shape index (κ2) is 5.70. The second-order valence-corrected chi connectivity index (χ2v) is 6.36. The smallest absolute Gasteiger partial charge is 0.387 e. The highest BCUT2D eigenvalue weighted by atomic mass is 19.3. The molecule has 1 unspecified atom stereocenters. The molecule has 8 heteroatoms. The molecule has 130 valence electrons. The van der Waals surface area contributed by atoms with Gasteiger partial charge in [0.15, 0.2) is 0 Å². The van der Waals surface area contributed by atoms with Crippen molar-refractivity contribution >= 4 is 11.9 Å². The third kappa shape index (κ3) is 2.71. The first-order valence-corrected chi connectivity index (χ1v) is 7.49. The minimum absolute atomic E-state index is 0.0373. The molecular formula is C16H17F2NO5. The van der Waals surface area contributed by atoms with E-state index in [1.165, 1.54) is 12.1 Å². The molecular weight excluding hydrogens is 324 g/mol. The van der Waals surface area contributed by atoms with E-state index in [0.717, 1.165) is 0 Å². The lowest BCUT2D eigenvalue weighted by Gasteiger charge is -2.40. The number of ether oxygens (including phenoxy) is 2. The summed E-state index contributed by atoms with van der Waals surface area (Å²) < 4.78 is 34.0. The Hall–Kier alpha value is -2.22. The van der Waals surface area contributed by atoms with Crippen LogP contribution in [0.4, 0.5) is 8.78 Å². The predicted octanol–water partition coefficient (Wildman–Crippen LogP) is 2.10. The topological polar surface area (TPSA) is 84.9 Å². The van der Waals surface area contributed by atoms with Crippen LogP contribution in [0.25, 0.3) is 0 Å². The summed E-state index contributed by atoms with van der Waals surface area (Å²) in [6, 6.07) is 5.58. The van der Waals surface area contributed by atoms with Crippen molar-refractivity contribution < 1.29 is 33.0 Å². The lowest BCUT2D eigenvalue weighted by Crippen LogP contribution is -2.57. The summed E-state index contributed by atoms with van der Waals surface area (Å²) in [7, 11) is 0. The van der Waals surface area contributed by atoms with Gasteiger partial charge in [-0.1, -0.05) is 12.1 Å². The fourth-order valence-corrected chi connectivity index (χ4v) is 3.31. The fraction of sp³-hybridized carbons (Fsp3) is 0.500. The Balaban J connectivity index is 1.60. The van der Waals surface area contributed by atoms with Gasteiger partial charge < -0.3 is 19.9 Å². The standard InChI is InChI=1S/C16H17F2NO5/c1-9(10-2-4-11(5-3-10)24-14(17)18)19-12(20)16-6-15(7-16,8-23-16)13(21)22/h2-5,9,14H,6-8H2,1H3,(H,19,20)(H,21,22). The van der Waals surface area contributed by atoms with Crippen LogP contribution in [0.1, 0.15) is 31.4 Å². The molecule has 6 nitrogen and oxygen atoms in total. The van der Waals surface area contributed by atoms with Gasteiger partial charge in [-0.05, 0) is 24.6 Å². The molecule has 3 fully saturated rings. The SMILES string of the molecule is CC(NC(=O)C12CC(C(=O)O)(CO1)C2)c1ccc(OC(F)F)cc1. The van der Waals surface area contributed by atoms with Crippen LogP contribution in [0.15, 0.2) is 24.3 Å². The van der Waals surface area contributed by atoms with Crippen molar-refractivity contribution in [3.63, 3.8) is 0 Å². The number of carbonyl (C=O) groups excluding carboxylic acids is 1.